The highest BCUT2D eigenvalue weighted by atomic mass is 16.5. The molecule has 0 saturated carbocycles. The lowest BCUT2D eigenvalue weighted by atomic mass is 9.94. The zero-order chi connectivity index (χ0) is 11.8. The number of rotatable bonds is 3. The molecule has 16 heavy (non-hydrogen) atoms. The van der Waals surface area contributed by atoms with Crippen molar-refractivity contribution in [2.45, 2.75) is 45.3 Å². The van der Waals surface area contributed by atoms with Crippen molar-refractivity contribution in [3.05, 3.63) is 34.9 Å². The van der Waals surface area contributed by atoms with Crippen LogP contribution < -0.4 is 5.73 Å². The second-order valence-electron chi connectivity index (χ2n) is 5.03. The highest BCUT2D eigenvalue weighted by Gasteiger charge is 2.39. The molecular weight excluding hydrogens is 198 g/mol. The highest BCUT2D eigenvalue weighted by molar-refractivity contribution is 5.40. The molecule has 2 rings (SSSR count). The van der Waals surface area contributed by atoms with Crippen LogP contribution in [0.5, 0.6) is 0 Å². The van der Waals surface area contributed by atoms with E-state index in [0.717, 1.165) is 12.8 Å². The van der Waals surface area contributed by atoms with Gasteiger partial charge in [0.25, 0.3) is 0 Å². The zero-order valence-electron chi connectivity index (χ0n) is 10.4. The molecule has 2 nitrogen and oxygen atoms in total. The van der Waals surface area contributed by atoms with Gasteiger partial charge in [0, 0.05) is 6.54 Å². The Kier molecular flexibility index (Phi) is 3.04. The first-order valence-electron chi connectivity index (χ1n) is 6.05. The summed E-state index contributed by atoms with van der Waals surface area (Å²) >= 11 is 0. The molecule has 1 aliphatic carbocycles. The van der Waals surface area contributed by atoms with Crippen LogP contribution in [0.25, 0.3) is 0 Å². The van der Waals surface area contributed by atoms with E-state index >= 15 is 0 Å². The summed E-state index contributed by atoms with van der Waals surface area (Å²) in [5.74, 6) is 0. The van der Waals surface area contributed by atoms with E-state index < -0.39 is 0 Å². The Balaban J connectivity index is 2.42. The Morgan fingerprint density at radius 3 is 2.81 bits per heavy atom. The number of ether oxygens (including phenoxy) is 1. The van der Waals surface area contributed by atoms with E-state index in [1.165, 1.54) is 16.7 Å². The van der Waals surface area contributed by atoms with Gasteiger partial charge < -0.3 is 10.5 Å². The summed E-state index contributed by atoms with van der Waals surface area (Å²) in [7, 11) is 0. The van der Waals surface area contributed by atoms with Crippen molar-refractivity contribution in [1.29, 1.82) is 0 Å². The normalized spacial score (nSPS) is 23.8. The van der Waals surface area contributed by atoms with Gasteiger partial charge in [-0.05, 0) is 44.7 Å². The average molecular weight is 219 g/mol. The van der Waals surface area contributed by atoms with Gasteiger partial charge in [-0.15, -0.1) is 0 Å². The maximum absolute atomic E-state index is 6.10. The number of hydrogen-bond acceptors (Lipinski definition) is 2. The molecule has 0 spiro atoms. The van der Waals surface area contributed by atoms with Crippen molar-refractivity contribution in [3.8, 4) is 0 Å². The minimum atomic E-state index is -0.241. The van der Waals surface area contributed by atoms with Crippen LogP contribution in [0.1, 0.15) is 37.0 Å². The van der Waals surface area contributed by atoms with Gasteiger partial charge in [0.2, 0.25) is 0 Å². The van der Waals surface area contributed by atoms with Gasteiger partial charge in [-0.3, -0.25) is 0 Å². The molecule has 0 heterocycles. The van der Waals surface area contributed by atoms with E-state index in [1.807, 2.05) is 0 Å². The van der Waals surface area contributed by atoms with E-state index in [2.05, 4.69) is 39.0 Å². The van der Waals surface area contributed by atoms with Gasteiger partial charge >= 0.3 is 0 Å². The predicted molar refractivity (Wildman–Crippen MR) is 66.5 cm³/mol. The predicted octanol–water partition coefficient (Wildman–Crippen LogP) is 2.52. The van der Waals surface area contributed by atoms with Crippen LogP contribution in [0.2, 0.25) is 0 Å². The molecule has 2 N–H and O–H groups in total. The third-order valence-electron chi connectivity index (χ3n) is 3.35. The van der Waals surface area contributed by atoms with Crippen LogP contribution >= 0.6 is 0 Å². The van der Waals surface area contributed by atoms with Crippen LogP contribution in [-0.4, -0.2) is 12.6 Å². The largest absolute Gasteiger partial charge is 0.366 e. The number of aryl methyl sites for hydroxylation is 2. The van der Waals surface area contributed by atoms with Crippen molar-refractivity contribution >= 4 is 0 Å². The van der Waals surface area contributed by atoms with E-state index in [4.69, 9.17) is 10.5 Å². The van der Waals surface area contributed by atoms with Crippen LogP contribution in [0.15, 0.2) is 18.2 Å². The van der Waals surface area contributed by atoms with Crippen molar-refractivity contribution in [2.75, 3.05) is 6.54 Å². The molecule has 1 aliphatic rings. The first-order valence-corrected chi connectivity index (χ1v) is 6.05. The van der Waals surface area contributed by atoms with Crippen molar-refractivity contribution in [2.24, 2.45) is 5.73 Å². The van der Waals surface area contributed by atoms with E-state index in [-0.39, 0.29) is 11.7 Å². The second kappa shape index (κ2) is 4.19. The Labute approximate surface area is 97.8 Å². The molecule has 1 unspecified atom stereocenters. The summed E-state index contributed by atoms with van der Waals surface area (Å²) in [4.78, 5) is 0. The lowest BCUT2D eigenvalue weighted by Gasteiger charge is -2.31. The third kappa shape index (κ3) is 1.87. The van der Waals surface area contributed by atoms with Crippen molar-refractivity contribution in [1.82, 2.24) is 0 Å². The van der Waals surface area contributed by atoms with Gasteiger partial charge in [-0.1, -0.05) is 23.8 Å². The Morgan fingerprint density at radius 1 is 1.44 bits per heavy atom. The van der Waals surface area contributed by atoms with Crippen LogP contribution in [0.4, 0.5) is 0 Å². The lowest BCUT2D eigenvalue weighted by Crippen LogP contribution is -2.38. The molecule has 88 valence electrons. The standard InChI is InChI=1S/C14H21NO/c1-10(2)16-14(9-15)7-6-12-5-4-11(3)8-13(12)14/h4-5,8,10H,6-7,9,15H2,1-3H3. The van der Waals surface area contributed by atoms with Crippen LogP contribution in [0, 0.1) is 6.92 Å². The SMILES string of the molecule is Cc1ccc2c(c1)C(CN)(OC(C)C)CC2. The van der Waals surface area contributed by atoms with Gasteiger partial charge in [0.15, 0.2) is 0 Å². The number of benzene rings is 1. The van der Waals surface area contributed by atoms with Gasteiger partial charge in [0.05, 0.1) is 6.10 Å². The molecule has 1 atom stereocenters. The third-order valence-corrected chi connectivity index (χ3v) is 3.35. The lowest BCUT2D eigenvalue weighted by molar-refractivity contribution is -0.0780. The molecule has 0 aromatic heterocycles. The second-order valence-corrected chi connectivity index (χ2v) is 5.03. The molecule has 2 heteroatoms. The molecule has 0 bridgehead atoms. The fraction of sp³-hybridized carbons (Fsp3) is 0.571. The Morgan fingerprint density at radius 2 is 2.19 bits per heavy atom. The first-order chi connectivity index (χ1) is 7.57. The summed E-state index contributed by atoms with van der Waals surface area (Å²) in [6, 6.07) is 6.62. The Bertz CT molecular complexity index is 386. The fourth-order valence-electron chi connectivity index (χ4n) is 2.64. The monoisotopic (exact) mass is 219 g/mol. The minimum absolute atomic E-state index is 0.218. The van der Waals surface area contributed by atoms with Crippen LogP contribution in [-0.2, 0) is 16.8 Å². The number of fused-ring (bicyclic) bond motifs is 1. The van der Waals surface area contributed by atoms with Crippen molar-refractivity contribution in [3.63, 3.8) is 0 Å². The van der Waals surface area contributed by atoms with E-state index in [0.29, 0.717) is 6.54 Å². The maximum Gasteiger partial charge on any atom is 0.106 e. The van der Waals surface area contributed by atoms with Gasteiger partial charge in [-0.25, -0.2) is 0 Å². The summed E-state index contributed by atoms with van der Waals surface area (Å²) in [6.45, 7) is 6.84. The molecule has 1 aromatic carbocycles. The smallest absolute Gasteiger partial charge is 0.106 e. The Hall–Kier alpha value is -0.860. The molecule has 0 fully saturated rings. The summed E-state index contributed by atoms with van der Waals surface area (Å²) < 4.78 is 6.10. The molecule has 0 aliphatic heterocycles. The molecule has 0 amide bonds. The number of nitrogens with two attached hydrogens (primary N) is 1. The van der Waals surface area contributed by atoms with Gasteiger partial charge in [0.1, 0.15) is 5.60 Å². The average Bonchev–Trinajstić information content (AvgIpc) is 2.57. The molecule has 0 saturated heterocycles. The van der Waals surface area contributed by atoms with E-state index in [9.17, 15) is 0 Å². The van der Waals surface area contributed by atoms with Crippen molar-refractivity contribution < 1.29 is 4.74 Å². The maximum atomic E-state index is 6.10. The fourth-order valence-corrected chi connectivity index (χ4v) is 2.64. The zero-order valence-corrected chi connectivity index (χ0v) is 10.4. The van der Waals surface area contributed by atoms with Gasteiger partial charge in [-0.2, -0.15) is 0 Å². The topological polar surface area (TPSA) is 35.2 Å². The molecular formula is C14H21NO. The van der Waals surface area contributed by atoms with Crippen LogP contribution in [0.3, 0.4) is 0 Å². The molecule has 1 aromatic rings. The summed E-state index contributed by atoms with van der Waals surface area (Å²) in [5, 5.41) is 0. The van der Waals surface area contributed by atoms with E-state index in [1.54, 1.807) is 0 Å². The number of hydrogen-bond donors (Lipinski definition) is 1. The summed E-state index contributed by atoms with van der Waals surface area (Å²) in [5.41, 5.74) is 9.71. The minimum Gasteiger partial charge on any atom is -0.366 e. The summed E-state index contributed by atoms with van der Waals surface area (Å²) in [6.07, 6.45) is 2.31. The first kappa shape index (κ1) is 11.6. The molecule has 0 radical (unpaired) electrons. The highest BCUT2D eigenvalue weighted by Crippen LogP contribution is 2.40. The quantitative estimate of drug-likeness (QED) is 0.847.